The van der Waals surface area contributed by atoms with Crippen molar-refractivity contribution in [3.05, 3.63) is 0 Å². The summed E-state index contributed by atoms with van der Waals surface area (Å²) in [6, 6.07) is 0. The Bertz CT molecular complexity index is 221. The van der Waals surface area contributed by atoms with Gasteiger partial charge in [-0.05, 0) is 12.8 Å². The highest BCUT2D eigenvalue weighted by Crippen LogP contribution is 2.01. The number of rotatable bonds is 3. The predicted molar refractivity (Wildman–Crippen MR) is 48.9 cm³/mol. The van der Waals surface area contributed by atoms with E-state index in [0.717, 1.165) is 26.1 Å². The number of aliphatic hydroxyl groups excluding tert-OH is 1. The van der Waals surface area contributed by atoms with Crippen molar-refractivity contribution in [1.82, 2.24) is 10.2 Å². The van der Waals surface area contributed by atoms with Gasteiger partial charge < -0.3 is 10.0 Å². The van der Waals surface area contributed by atoms with E-state index in [2.05, 4.69) is 10.3 Å². The molecule has 0 aromatic rings. The Hall–Kier alpha value is -1.28. The molecule has 0 saturated heterocycles. The maximum absolute atomic E-state index is 8.66. The molecular weight excluding hydrogens is 168 g/mol. The first-order chi connectivity index (χ1) is 6.38. The number of hydrogen-bond acceptors (Lipinski definition) is 5. The molecule has 5 heteroatoms. The quantitative estimate of drug-likeness (QED) is 0.456. The molecule has 0 unspecified atom stereocenters. The Morgan fingerprint density at radius 2 is 2.54 bits per heavy atom. The van der Waals surface area contributed by atoms with E-state index >= 15 is 0 Å². The predicted octanol–water partition coefficient (Wildman–Crippen LogP) is -0.499. The summed E-state index contributed by atoms with van der Waals surface area (Å²) in [4.78, 5) is 6.17. The maximum Gasteiger partial charge on any atom is 0.207 e. The second-order valence-corrected chi connectivity index (χ2v) is 2.86. The lowest BCUT2D eigenvalue weighted by atomic mass is 10.3. The Labute approximate surface area is 77.7 Å². The van der Waals surface area contributed by atoms with E-state index in [1.807, 2.05) is 11.1 Å². The van der Waals surface area contributed by atoms with Crippen LogP contribution in [0.4, 0.5) is 0 Å². The van der Waals surface area contributed by atoms with Crippen molar-refractivity contribution in [2.75, 3.05) is 26.2 Å². The largest absolute Gasteiger partial charge is 0.396 e. The first-order valence-corrected chi connectivity index (χ1v) is 4.44. The molecule has 5 nitrogen and oxygen atoms in total. The molecule has 1 aliphatic rings. The van der Waals surface area contributed by atoms with E-state index in [1.165, 1.54) is 0 Å². The Morgan fingerprint density at radius 1 is 1.69 bits per heavy atom. The number of nitrogens with one attached hydrogen (secondary N) is 1. The zero-order valence-corrected chi connectivity index (χ0v) is 7.53. The average molecular weight is 182 g/mol. The highest BCUT2D eigenvalue weighted by molar-refractivity contribution is 5.81. The van der Waals surface area contributed by atoms with Gasteiger partial charge in [0.25, 0.3) is 0 Å². The number of aliphatic imine (C=N–C) groups is 1. The molecule has 0 fully saturated rings. The van der Waals surface area contributed by atoms with Gasteiger partial charge in [0.05, 0.1) is 0 Å². The summed E-state index contributed by atoms with van der Waals surface area (Å²) >= 11 is 0. The van der Waals surface area contributed by atoms with E-state index in [-0.39, 0.29) is 6.61 Å². The maximum atomic E-state index is 8.66. The van der Waals surface area contributed by atoms with Crippen LogP contribution < -0.4 is 5.32 Å². The van der Waals surface area contributed by atoms with Crippen molar-refractivity contribution in [2.45, 2.75) is 12.8 Å². The summed E-state index contributed by atoms with van der Waals surface area (Å²) in [6.07, 6.45) is 3.59. The SMILES string of the molecule is N#CNC1=NCCCN1CCCO. The van der Waals surface area contributed by atoms with Crippen molar-refractivity contribution in [2.24, 2.45) is 4.99 Å². The van der Waals surface area contributed by atoms with Crippen LogP contribution in [0.25, 0.3) is 0 Å². The van der Waals surface area contributed by atoms with E-state index < -0.39 is 0 Å². The standard InChI is InChI=1S/C8H14N4O/c9-7-11-8-10-3-1-4-12(8)5-2-6-13/h13H,1-6H2,(H,10,11). The van der Waals surface area contributed by atoms with Gasteiger partial charge in [-0.3, -0.25) is 10.3 Å². The zero-order chi connectivity index (χ0) is 9.52. The van der Waals surface area contributed by atoms with E-state index in [0.29, 0.717) is 12.4 Å². The van der Waals surface area contributed by atoms with Gasteiger partial charge in [0.1, 0.15) is 0 Å². The van der Waals surface area contributed by atoms with Gasteiger partial charge in [0.15, 0.2) is 6.19 Å². The van der Waals surface area contributed by atoms with Crippen LogP contribution in [0.1, 0.15) is 12.8 Å². The third kappa shape index (κ3) is 2.92. The minimum absolute atomic E-state index is 0.177. The average Bonchev–Trinajstić information content (AvgIpc) is 2.17. The molecule has 2 N–H and O–H groups in total. The fraction of sp³-hybridized carbons (Fsp3) is 0.750. The van der Waals surface area contributed by atoms with E-state index in [9.17, 15) is 0 Å². The fourth-order valence-electron chi connectivity index (χ4n) is 1.30. The van der Waals surface area contributed by atoms with Crippen LogP contribution in [0.2, 0.25) is 0 Å². The molecule has 0 saturated carbocycles. The van der Waals surface area contributed by atoms with E-state index in [1.54, 1.807) is 0 Å². The highest BCUT2D eigenvalue weighted by Gasteiger charge is 2.13. The molecule has 1 aliphatic heterocycles. The molecule has 0 bridgehead atoms. The summed E-state index contributed by atoms with van der Waals surface area (Å²) in [6.45, 7) is 2.62. The van der Waals surface area contributed by atoms with Gasteiger partial charge in [-0.1, -0.05) is 0 Å². The molecule has 13 heavy (non-hydrogen) atoms. The Morgan fingerprint density at radius 3 is 3.23 bits per heavy atom. The molecule has 0 spiro atoms. The third-order valence-electron chi connectivity index (χ3n) is 1.90. The third-order valence-corrected chi connectivity index (χ3v) is 1.90. The van der Waals surface area contributed by atoms with Crippen LogP contribution in [-0.4, -0.2) is 42.2 Å². The lowest BCUT2D eigenvalue weighted by molar-refractivity contribution is 0.262. The number of nitriles is 1. The van der Waals surface area contributed by atoms with Crippen molar-refractivity contribution >= 4 is 5.96 Å². The molecule has 72 valence electrons. The molecule has 0 aromatic heterocycles. The van der Waals surface area contributed by atoms with Crippen LogP contribution in [0.5, 0.6) is 0 Å². The van der Waals surface area contributed by atoms with Crippen molar-refractivity contribution in [3.8, 4) is 6.19 Å². The van der Waals surface area contributed by atoms with Crippen LogP contribution in [0.3, 0.4) is 0 Å². The smallest absolute Gasteiger partial charge is 0.207 e. The summed E-state index contributed by atoms with van der Waals surface area (Å²) in [5.74, 6) is 0.641. The van der Waals surface area contributed by atoms with Gasteiger partial charge in [-0.15, -0.1) is 0 Å². The molecule has 0 amide bonds. The highest BCUT2D eigenvalue weighted by atomic mass is 16.3. The summed E-state index contributed by atoms with van der Waals surface area (Å²) in [5, 5.41) is 19.6. The van der Waals surface area contributed by atoms with Crippen molar-refractivity contribution in [3.63, 3.8) is 0 Å². The second kappa shape index (κ2) is 5.38. The van der Waals surface area contributed by atoms with E-state index in [4.69, 9.17) is 10.4 Å². The first-order valence-electron chi connectivity index (χ1n) is 4.44. The molecule has 0 atom stereocenters. The topological polar surface area (TPSA) is 71.7 Å². The van der Waals surface area contributed by atoms with Crippen molar-refractivity contribution in [1.29, 1.82) is 5.26 Å². The first kappa shape index (κ1) is 9.81. The second-order valence-electron chi connectivity index (χ2n) is 2.86. The van der Waals surface area contributed by atoms with Gasteiger partial charge in [0, 0.05) is 26.2 Å². The number of hydrogen-bond donors (Lipinski definition) is 2. The van der Waals surface area contributed by atoms with Gasteiger partial charge in [-0.2, -0.15) is 5.26 Å². The molecule has 0 aliphatic carbocycles. The van der Waals surface area contributed by atoms with Gasteiger partial charge in [-0.25, -0.2) is 0 Å². The minimum Gasteiger partial charge on any atom is -0.396 e. The van der Waals surface area contributed by atoms with Crippen LogP contribution >= 0.6 is 0 Å². The van der Waals surface area contributed by atoms with Crippen LogP contribution in [-0.2, 0) is 0 Å². The van der Waals surface area contributed by atoms with Crippen LogP contribution in [0.15, 0.2) is 4.99 Å². The Balaban J connectivity index is 2.45. The summed E-state index contributed by atoms with van der Waals surface area (Å²) in [5.41, 5.74) is 0. The molecule has 0 aromatic carbocycles. The fourth-order valence-corrected chi connectivity index (χ4v) is 1.30. The Kier molecular flexibility index (Phi) is 4.06. The van der Waals surface area contributed by atoms with Crippen LogP contribution in [0, 0.1) is 11.5 Å². The van der Waals surface area contributed by atoms with Gasteiger partial charge >= 0.3 is 0 Å². The summed E-state index contributed by atoms with van der Waals surface area (Å²) in [7, 11) is 0. The molecule has 1 rings (SSSR count). The van der Waals surface area contributed by atoms with Gasteiger partial charge in [0.2, 0.25) is 5.96 Å². The minimum atomic E-state index is 0.177. The molecular formula is C8H14N4O. The lowest BCUT2D eigenvalue weighted by Crippen LogP contribution is -2.43. The number of guanidine groups is 1. The van der Waals surface area contributed by atoms with Crippen molar-refractivity contribution < 1.29 is 5.11 Å². The monoisotopic (exact) mass is 182 g/mol. The normalized spacial score (nSPS) is 16.3. The summed E-state index contributed by atoms with van der Waals surface area (Å²) < 4.78 is 0. The lowest BCUT2D eigenvalue weighted by Gasteiger charge is -2.27. The zero-order valence-electron chi connectivity index (χ0n) is 7.53. The molecule has 1 heterocycles. The number of aliphatic hydroxyl groups is 1. The molecule has 0 radical (unpaired) electrons. The number of nitrogens with zero attached hydrogens (tertiary/aromatic N) is 3.